The fourth-order valence-electron chi connectivity index (χ4n) is 5.47. The van der Waals surface area contributed by atoms with Crippen LogP contribution in [-0.4, -0.2) is 68.4 Å². The Balaban J connectivity index is 1.31. The smallest absolute Gasteiger partial charge is 0.270 e. The Morgan fingerprint density at radius 2 is 1.92 bits per heavy atom. The number of nitriles is 1. The number of fused-ring (bicyclic) bond motifs is 2. The van der Waals surface area contributed by atoms with Crippen molar-refractivity contribution in [2.45, 2.75) is 12.6 Å². The van der Waals surface area contributed by atoms with Crippen LogP contribution in [0.5, 0.6) is 0 Å². The molecule has 1 amide bonds. The molecule has 10 heteroatoms. The van der Waals surface area contributed by atoms with Gasteiger partial charge in [-0.05, 0) is 49.7 Å². The highest BCUT2D eigenvalue weighted by molar-refractivity contribution is 5.93. The lowest BCUT2D eigenvalue weighted by Gasteiger charge is -2.24. The van der Waals surface area contributed by atoms with Crippen molar-refractivity contribution >= 4 is 17.4 Å². The van der Waals surface area contributed by atoms with E-state index in [1.807, 2.05) is 41.9 Å². The average molecular weight is 482 g/mol. The van der Waals surface area contributed by atoms with Crippen molar-refractivity contribution < 1.29 is 4.79 Å². The molecule has 2 aliphatic rings. The second-order valence-corrected chi connectivity index (χ2v) is 9.82. The summed E-state index contributed by atoms with van der Waals surface area (Å²) in [6.07, 6.45) is 1.74. The van der Waals surface area contributed by atoms with Crippen molar-refractivity contribution in [2.24, 2.45) is 18.9 Å². The first kappa shape index (κ1) is 22.2. The Hall–Kier alpha value is -4.23. The molecule has 4 aromatic rings. The predicted octanol–water partition coefficient (Wildman–Crippen LogP) is 1.93. The van der Waals surface area contributed by atoms with Gasteiger partial charge in [-0.15, -0.1) is 0 Å². The van der Waals surface area contributed by atoms with Crippen LogP contribution >= 0.6 is 0 Å². The van der Waals surface area contributed by atoms with Gasteiger partial charge in [-0.25, -0.2) is 4.98 Å². The first-order valence-electron chi connectivity index (χ1n) is 12.0. The van der Waals surface area contributed by atoms with Crippen molar-refractivity contribution in [1.82, 2.24) is 34.6 Å². The number of nitrogens with one attached hydrogen (secondary N) is 1. The first-order valence-corrected chi connectivity index (χ1v) is 12.0. The topological polar surface area (TPSA) is 107 Å². The maximum atomic E-state index is 13.2. The summed E-state index contributed by atoms with van der Waals surface area (Å²) < 4.78 is 3.62. The van der Waals surface area contributed by atoms with Crippen molar-refractivity contribution in [1.29, 1.82) is 5.26 Å². The maximum absolute atomic E-state index is 13.2. The van der Waals surface area contributed by atoms with E-state index in [9.17, 15) is 4.79 Å². The molecule has 3 aromatic heterocycles. The highest BCUT2D eigenvalue weighted by Crippen LogP contribution is 2.49. The summed E-state index contributed by atoms with van der Waals surface area (Å²) in [6, 6.07) is 15.6. The van der Waals surface area contributed by atoms with E-state index in [4.69, 9.17) is 10.4 Å². The monoisotopic (exact) mass is 481 g/mol. The van der Waals surface area contributed by atoms with Crippen LogP contribution in [0.2, 0.25) is 0 Å². The molecule has 1 N–H and O–H groups in total. The SMILES string of the molecule is CN(C)C1C2CN(c3cc(C(=O)NCc4ccc(C#N)cc4)nc4cc(-c5ccnn5C)nn34)CC21. The second-order valence-electron chi connectivity index (χ2n) is 9.82. The van der Waals surface area contributed by atoms with Crippen LogP contribution in [0.1, 0.15) is 21.6 Å². The Labute approximate surface area is 208 Å². The van der Waals surface area contributed by atoms with Crippen molar-refractivity contribution in [3.8, 4) is 17.5 Å². The number of benzene rings is 1. The zero-order valence-electron chi connectivity index (χ0n) is 20.5. The Morgan fingerprint density at radius 1 is 1.17 bits per heavy atom. The summed E-state index contributed by atoms with van der Waals surface area (Å²) in [5.74, 6) is 1.89. The van der Waals surface area contributed by atoms with Crippen LogP contribution in [0.3, 0.4) is 0 Å². The quantitative estimate of drug-likeness (QED) is 0.448. The van der Waals surface area contributed by atoms with Crippen LogP contribution in [0.4, 0.5) is 5.82 Å². The lowest BCUT2D eigenvalue weighted by atomic mass is 10.1. The number of piperidine rings is 1. The molecule has 4 heterocycles. The number of anilines is 1. The molecule has 2 atom stereocenters. The number of hydrogen-bond donors (Lipinski definition) is 1. The molecule has 182 valence electrons. The molecule has 1 saturated heterocycles. The van der Waals surface area contributed by atoms with E-state index < -0.39 is 0 Å². The maximum Gasteiger partial charge on any atom is 0.270 e. The Kier molecular flexibility index (Phi) is 5.23. The molecule has 2 unspecified atom stereocenters. The molecule has 0 bridgehead atoms. The molecular weight excluding hydrogens is 454 g/mol. The van der Waals surface area contributed by atoms with E-state index in [1.54, 1.807) is 23.0 Å². The second kappa shape index (κ2) is 8.46. The summed E-state index contributed by atoms with van der Waals surface area (Å²) in [5.41, 5.74) is 4.13. The lowest BCUT2D eigenvalue weighted by Crippen LogP contribution is -2.32. The number of nitrogens with zero attached hydrogens (tertiary/aromatic N) is 8. The van der Waals surface area contributed by atoms with Gasteiger partial charge in [0.15, 0.2) is 5.65 Å². The van der Waals surface area contributed by atoms with Gasteiger partial charge in [-0.1, -0.05) is 12.1 Å². The molecule has 36 heavy (non-hydrogen) atoms. The molecule has 1 aromatic carbocycles. The van der Waals surface area contributed by atoms with Crippen LogP contribution in [0.25, 0.3) is 17.0 Å². The Bertz CT molecular complexity index is 1480. The van der Waals surface area contributed by atoms with Crippen molar-refractivity contribution in [2.75, 3.05) is 32.1 Å². The highest BCUT2D eigenvalue weighted by Gasteiger charge is 2.57. The molecule has 1 saturated carbocycles. The minimum Gasteiger partial charge on any atom is -0.356 e. The minimum atomic E-state index is -0.248. The predicted molar refractivity (Wildman–Crippen MR) is 134 cm³/mol. The summed E-state index contributed by atoms with van der Waals surface area (Å²) in [7, 11) is 6.16. The largest absolute Gasteiger partial charge is 0.356 e. The highest BCUT2D eigenvalue weighted by atomic mass is 16.1. The Morgan fingerprint density at radius 3 is 2.56 bits per heavy atom. The molecule has 1 aliphatic carbocycles. The third kappa shape index (κ3) is 3.78. The number of rotatable bonds is 6. The van der Waals surface area contributed by atoms with E-state index in [0.717, 1.165) is 35.9 Å². The van der Waals surface area contributed by atoms with Crippen LogP contribution in [-0.2, 0) is 13.6 Å². The molecule has 6 rings (SSSR count). The number of hydrogen-bond acceptors (Lipinski definition) is 7. The van der Waals surface area contributed by atoms with Gasteiger partial charge in [0.2, 0.25) is 0 Å². The van der Waals surface area contributed by atoms with Gasteiger partial charge in [0.05, 0.1) is 17.3 Å². The zero-order valence-corrected chi connectivity index (χ0v) is 20.5. The van der Waals surface area contributed by atoms with E-state index in [1.165, 1.54) is 0 Å². The number of carbonyl (C=O) groups is 1. The fraction of sp³-hybridized carbons (Fsp3) is 0.346. The molecule has 0 spiro atoms. The number of carbonyl (C=O) groups excluding carboxylic acids is 1. The molecule has 1 aliphatic heterocycles. The third-order valence-electron chi connectivity index (χ3n) is 7.33. The zero-order chi connectivity index (χ0) is 25.0. The number of aromatic nitrogens is 5. The summed E-state index contributed by atoms with van der Waals surface area (Å²) in [4.78, 5) is 22.5. The third-order valence-corrected chi connectivity index (χ3v) is 7.33. The van der Waals surface area contributed by atoms with Gasteiger partial charge in [-0.3, -0.25) is 9.48 Å². The van der Waals surface area contributed by atoms with Crippen LogP contribution < -0.4 is 10.2 Å². The number of aryl methyl sites for hydroxylation is 1. The van der Waals surface area contributed by atoms with Crippen LogP contribution in [0.15, 0.2) is 48.7 Å². The molecule has 10 nitrogen and oxygen atoms in total. The average Bonchev–Trinajstić information content (AvgIpc) is 3.27. The molecular formula is C26H27N9O. The van der Waals surface area contributed by atoms with E-state index in [0.29, 0.717) is 41.3 Å². The van der Waals surface area contributed by atoms with Gasteiger partial charge in [0.1, 0.15) is 17.2 Å². The van der Waals surface area contributed by atoms with Gasteiger partial charge in [-0.2, -0.15) is 20.0 Å². The summed E-state index contributed by atoms with van der Waals surface area (Å²) in [5, 5.41) is 21.1. The van der Waals surface area contributed by atoms with E-state index in [2.05, 4.69) is 45.4 Å². The standard InChI is InChI=1S/C26H27N9O/c1-32(2)25-18-14-34(15-19(18)25)24-11-21(26(36)28-13-17-6-4-16(12-27)5-7-17)30-23-10-20(31-35(23)24)22-8-9-29-33(22)3/h4-11,18-19,25H,13-15H2,1-3H3,(H,28,36). The van der Waals surface area contributed by atoms with E-state index in [-0.39, 0.29) is 5.91 Å². The van der Waals surface area contributed by atoms with E-state index >= 15 is 0 Å². The first-order chi connectivity index (χ1) is 17.4. The van der Waals surface area contributed by atoms with Gasteiger partial charge < -0.3 is 15.1 Å². The molecule has 2 fully saturated rings. The van der Waals surface area contributed by atoms with Crippen molar-refractivity contribution in [3.63, 3.8) is 0 Å². The van der Waals surface area contributed by atoms with Gasteiger partial charge in [0, 0.05) is 51.1 Å². The summed E-state index contributed by atoms with van der Waals surface area (Å²) >= 11 is 0. The fourth-order valence-corrected chi connectivity index (χ4v) is 5.47. The van der Waals surface area contributed by atoms with Gasteiger partial charge in [0.25, 0.3) is 5.91 Å². The lowest BCUT2D eigenvalue weighted by molar-refractivity contribution is 0.0946. The van der Waals surface area contributed by atoms with Crippen molar-refractivity contribution in [3.05, 3.63) is 65.5 Å². The molecule has 0 radical (unpaired) electrons. The normalized spacial score (nSPS) is 20.5. The number of amides is 1. The van der Waals surface area contributed by atoms with Gasteiger partial charge >= 0.3 is 0 Å². The van der Waals surface area contributed by atoms with Crippen LogP contribution in [0, 0.1) is 23.2 Å². The summed E-state index contributed by atoms with van der Waals surface area (Å²) in [6.45, 7) is 2.21. The minimum absolute atomic E-state index is 0.248.